The van der Waals surface area contributed by atoms with E-state index >= 15 is 0 Å². The predicted octanol–water partition coefficient (Wildman–Crippen LogP) is 3.26. The molecule has 0 unspecified atom stereocenters. The maximum atomic E-state index is 12.6. The lowest BCUT2D eigenvalue weighted by atomic mass is 10.2. The van der Waals surface area contributed by atoms with Gasteiger partial charge in [0.15, 0.2) is 0 Å². The summed E-state index contributed by atoms with van der Waals surface area (Å²) in [6.45, 7) is 14.5. The van der Waals surface area contributed by atoms with E-state index < -0.39 is 13.7 Å². The third-order valence-corrected chi connectivity index (χ3v) is 6.05. The smallest absolute Gasteiger partial charge is 0.308 e. The molecule has 0 amide bonds. The molecule has 0 aliphatic carbocycles. The molecule has 0 fully saturated rings. The summed E-state index contributed by atoms with van der Waals surface area (Å²) in [4.78, 5) is 24.3. The summed E-state index contributed by atoms with van der Waals surface area (Å²) in [5.41, 5.74) is 0.111. The van der Waals surface area contributed by atoms with Crippen molar-refractivity contribution in [2.45, 2.75) is 71.8 Å². The van der Waals surface area contributed by atoms with Gasteiger partial charge in [-0.15, -0.1) is 0 Å². The number of carbonyl (C=O) groups is 1. The number of carbonyl (C=O) groups excluding carboxylic acids is 1. The fourth-order valence-electron chi connectivity index (χ4n) is 2.75. The van der Waals surface area contributed by atoms with Crippen molar-refractivity contribution in [3.05, 3.63) is 28.8 Å². The fraction of sp³-hybridized carbons (Fsp3) is 0.667. The van der Waals surface area contributed by atoms with E-state index in [4.69, 9.17) is 14.2 Å². The van der Waals surface area contributed by atoms with E-state index in [0.717, 1.165) is 11.6 Å². The van der Waals surface area contributed by atoms with Gasteiger partial charge in [0.1, 0.15) is 12.3 Å². The van der Waals surface area contributed by atoms with Crippen LogP contribution in [0.1, 0.15) is 27.2 Å². The molecule has 9 heteroatoms. The van der Waals surface area contributed by atoms with Crippen LogP contribution >= 0.6 is 0 Å². The Bertz CT molecular complexity index is 893. The van der Waals surface area contributed by atoms with E-state index in [0.29, 0.717) is 31.8 Å². The zero-order chi connectivity index (χ0) is 22.4. The van der Waals surface area contributed by atoms with Crippen molar-refractivity contribution in [1.29, 1.82) is 0 Å². The minimum absolute atomic E-state index is 0.162. The first-order valence-electron chi connectivity index (χ1n) is 10.4. The SMILES string of the molecule is CC(C)(C)OC(=O)CCOCCn1ccc2c(=O)n(COCC[Si](C)(C)C)ncc21. The number of aromatic nitrogens is 3. The Labute approximate surface area is 179 Å². The van der Waals surface area contributed by atoms with Crippen LogP contribution in [-0.2, 0) is 32.3 Å². The molecule has 0 radical (unpaired) electrons. The lowest BCUT2D eigenvalue weighted by Gasteiger charge is -2.19. The number of fused-ring (bicyclic) bond motifs is 1. The first kappa shape index (κ1) is 24.3. The van der Waals surface area contributed by atoms with Gasteiger partial charge in [0.05, 0.1) is 36.7 Å². The van der Waals surface area contributed by atoms with Crippen LogP contribution in [0.3, 0.4) is 0 Å². The molecule has 0 spiro atoms. The van der Waals surface area contributed by atoms with Crippen molar-refractivity contribution in [2.24, 2.45) is 0 Å². The molecule has 0 aromatic carbocycles. The number of ether oxygens (including phenoxy) is 3. The van der Waals surface area contributed by atoms with Crippen molar-refractivity contribution in [3.63, 3.8) is 0 Å². The molecule has 2 heterocycles. The van der Waals surface area contributed by atoms with Gasteiger partial charge < -0.3 is 18.8 Å². The zero-order valence-electron chi connectivity index (χ0n) is 19.1. The average molecular weight is 438 g/mol. The predicted molar refractivity (Wildman–Crippen MR) is 119 cm³/mol. The molecule has 2 aromatic heterocycles. The second-order valence-corrected chi connectivity index (χ2v) is 15.2. The van der Waals surface area contributed by atoms with Gasteiger partial charge in [-0.05, 0) is 32.9 Å². The van der Waals surface area contributed by atoms with Gasteiger partial charge in [0, 0.05) is 27.4 Å². The maximum Gasteiger partial charge on any atom is 0.308 e. The first-order valence-corrected chi connectivity index (χ1v) is 14.1. The monoisotopic (exact) mass is 437 g/mol. The van der Waals surface area contributed by atoms with E-state index in [2.05, 4.69) is 24.7 Å². The Hall–Kier alpha value is -1.97. The Morgan fingerprint density at radius 1 is 1.13 bits per heavy atom. The van der Waals surface area contributed by atoms with Crippen molar-refractivity contribution in [2.75, 3.05) is 19.8 Å². The topological polar surface area (TPSA) is 84.6 Å². The summed E-state index contributed by atoms with van der Waals surface area (Å²) >= 11 is 0. The van der Waals surface area contributed by atoms with Crippen molar-refractivity contribution >= 4 is 24.9 Å². The minimum atomic E-state index is -1.16. The van der Waals surface area contributed by atoms with Gasteiger partial charge in [-0.3, -0.25) is 9.59 Å². The molecular formula is C21H35N3O5Si. The molecule has 8 nitrogen and oxygen atoms in total. The van der Waals surface area contributed by atoms with Crippen molar-refractivity contribution in [1.82, 2.24) is 14.3 Å². The van der Waals surface area contributed by atoms with Gasteiger partial charge in [0.25, 0.3) is 5.56 Å². The Balaban J connectivity index is 1.83. The largest absolute Gasteiger partial charge is 0.460 e. The second-order valence-electron chi connectivity index (χ2n) is 9.55. The summed E-state index contributed by atoms with van der Waals surface area (Å²) in [5.74, 6) is -0.272. The molecule has 2 aromatic rings. The number of nitrogens with zero attached hydrogens (tertiary/aromatic N) is 3. The lowest BCUT2D eigenvalue weighted by Crippen LogP contribution is -2.26. The third-order valence-electron chi connectivity index (χ3n) is 4.35. The highest BCUT2D eigenvalue weighted by molar-refractivity contribution is 6.76. The van der Waals surface area contributed by atoms with Crippen LogP contribution in [-0.4, -0.2) is 53.8 Å². The molecule has 0 bridgehead atoms. The Kier molecular flexibility index (Phi) is 8.40. The second kappa shape index (κ2) is 10.4. The maximum absolute atomic E-state index is 12.6. The molecule has 0 aliphatic rings. The number of rotatable bonds is 11. The van der Waals surface area contributed by atoms with Gasteiger partial charge in [-0.1, -0.05) is 19.6 Å². The molecule has 0 saturated heterocycles. The van der Waals surface area contributed by atoms with Crippen molar-refractivity contribution < 1.29 is 19.0 Å². The van der Waals surface area contributed by atoms with Gasteiger partial charge in [0.2, 0.25) is 0 Å². The van der Waals surface area contributed by atoms with Gasteiger partial charge >= 0.3 is 5.97 Å². The van der Waals surface area contributed by atoms with Gasteiger partial charge in [-0.25, -0.2) is 4.68 Å². The molecule has 0 atom stereocenters. The summed E-state index contributed by atoms with van der Waals surface area (Å²) in [6, 6.07) is 2.84. The summed E-state index contributed by atoms with van der Waals surface area (Å²) in [5, 5.41) is 4.85. The van der Waals surface area contributed by atoms with E-state index in [1.54, 1.807) is 12.3 Å². The van der Waals surface area contributed by atoms with E-state index in [1.807, 2.05) is 31.5 Å². The minimum Gasteiger partial charge on any atom is -0.460 e. The quantitative estimate of drug-likeness (QED) is 0.305. The fourth-order valence-corrected chi connectivity index (χ4v) is 3.51. The molecule has 0 N–H and O–H groups in total. The molecule has 2 rings (SSSR count). The summed E-state index contributed by atoms with van der Waals surface area (Å²) < 4.78 is 19.7. The van der Waals surface area contributed by atoms with E-state index in [9.17, 15) is 9.59 Å². The van der Waals surface area contributed by atoms with Crippen LogP contribution in [0.2, 0.25) is 25.7 Å². The van der Waals surface area contributed by atoms with Crippen LogP contribution in [0.4, 0.5) is 0 Å². The third kappa shape index (κ3) is 8.04. The van der Waals surface area contributed by atoms with Crippen LogP contribution < -0.4 is 5.56 Å². The lowest BCUT2D eigenvalue weighted by molar-refractivity contribution is -0.156. The molecule has 0 saturated carbocycles. The van der Waals surface area contributed by atoms with E-state index in [1.165, 1.54) is 4.68 Å². The normalized spacial score (nSPS) is 12.5. The summed E-state index contributed by atoms with van der Waals surface area (Å²) in [6.07, 6.45) is 3.74. The molecule has 168 valence electrons. The average Bonchev–Trinajstić information content (AvgIpc) is 3.01. The highest BCUT2D eigenvalue weighted by Crippen LogP contribution is 2.11. The first-order chi connectivity index (χ1) is 14.0. The van der Waals surface area contributed by atoms with Crippen LogP contribution in [0, 0.1) is 0 Å². The molecule has 30 heavy (non-hydrogen) atoms. The summed E-state index contributed by atoms with van der Waals surface area (Å²) in [7, 11) is -1.16. The number of hydrogen-bond donors (Lipinski definition) is 0. The van der Waals surface area contributed by atoms with E-state index in [-0.39, 0.29) is 24.7 Å². The van der Waals surface area contributed by atoms with Crippen molar-refractivity contribution in [3.8, 4) is 0 Å². The number of hydrogen-bond acceptors (Lipinski definition) is 6. The van der Waals surface area contributed by atoms with Crippen LogP contribution in [0.15, 0.2) is 23.3 Å². The standard InChI is InChI=1S/C21H35N3O5Si/c1-21(2,3)29-19(25)8-11-27-12-10-23-9-7-17-18(23)15-22-24(20(17)26)16-28-13-14-30(4,5)6/h7,9,15H,8,10-14,16H2,1-6H3. The molecular weight excluding hydrogens is 402 g/mol. The highest BCUT2D eigenvalue weighted by Gasteiger charge is 2.16. The van der Waals surface area contributed by atoms with Gasteiger partial charge in [-0.2, -0.15) is 5.10 Å². The Morgan fingerprint density at radius 2 is 1.87 bits per heavy atom. The number of esters is 1. The highest BCUT2D eigenvalue weighted by atomic mass is 28.3. The van der Waals surface area contributed by atoms with Crippen LogP contribution in [0.25, 0.3) is 10.9 Å². The van der Waals surface area contributed by atoms with Crippen LogP contribution in [0.5, 0.6) is 0 Å². The Morgan fingerprint density at radius 3 is 2.53 bits per heavy atom. The molecule has 0 aliphatic heterocycles. The zero-order valence-corrected chi connectivity index (χ0v) is 20.1.